The van der Waals surface area contributed by atoms with E-state index < -0.39 is 11.4 Å². The summed E-state index contributed by atoms with van der Waals surface area (Å²) in [7, 11) is 0. The van der Waals surface area contributed by atoms with E-state index in [2.05, 4.69) is 59.3 Å². The zero-order valence-corrected chi connectivity index (χ0v) is 14.9. The van der Waals surface area contributed by atoms with Crippen molar-refractivity contribution in [3.05, 3.63) is 71.3 Å². The highest BCUT2D eigenvalue weighted by molar-refractivity contribution is 7.90. The Hall–Kier alpha value is -1.29. The van der Waals surface area contributed by atoms with Gasteiger partial charge in [0.15, 0.2) is 0 Å². The van der Waals surface area contributed by atoms with Gasteiger partial charge in [0.25, 0.3) is 0 Å². The maximum Gasteiger partial charge on any atom is 0.136 e. The molecule has 122 valence electrons. The Morgan fingerprint density at radius 3 is 2.17 bits per heavy atom. The van der Waals surface area contributed by atoms with Crippen molar-refractivity contribution in [3.8, 4) is 0 Å². The highest BCUT2D eigenvalue weighted by atomic mass is 32.2. The molecule has 3 atom stereocenters. The lowest BCUT2D eigenvalue weighted by Gasteiger charge is -2.34. The number of hydrogen-bond donors (Lipinski definition) is 1. The van der Waals surface area contributed by atoms with Crippen molar-refractivity contribution in [3.63, 3.8) is 0 Å². The molecule has 2 aromatic carbocycles. The normalized spacial score (nSPS) is 22.4. The molecule has 0 aromatic heterocycles. The van der Waals surface area contributed by atoms with E-state index in [1.807, 2.05) is 20.8 Å². The third kappa shape index (κ3) is 3.63. The van der Waals surface area contributed by atoms with Gasteiger partial charge in [0.05, 0.1) is 6.04 Å². The molecule has 0 bridgehead atoms. The topological polar surface area (TPSA) is 35.1 Å². The molecule has 3 rings (SSSR count). The van der Waals surface area contributed by atoms with Gasteiger partial charge in [-0.15, -0.1) is 4.72 Å². The second-order valence-electron chi connectivity index (χ2n) is 7.22. The van der Waals surface area contributed by atoms with Gasteiger partial charge in [-0.25, -0.2) is 0 Å². The van der Waals surface area contributed by atoms with Crippen molar-refractivity contribution in [2.75, 3.05) is 0 Å². The van der Waals surface area contributed by atoms with Crippen LogP contribution in [-0.4, -0.2) is 9.30 Å². The van der Waals surface area contributed by atoms with Gasteiger partial charge < -0.3 is 4.55 Å². The number of rotatable bonds is 3. The zero-order valence-electron chi connectivity index (χ0n) is 14.1. The number of fused-ring (bicyclic) bond motifs is 1. The third-order valence-electron chi connectivity index (χ3n) is 4.50. The minimum atomic E-state index is -1.05. The molecule has 0 amide bonds. The molecular weight excluding hydrogens is 302 g/mol. The van der Waals surface area contributed by atoms with Crippen LogP contribution in [0.4, 0.5) is 0 Å². The first-order valence-corrected chi connectivity index (χ1v) is 9.43. The van der Waals surface area contributed by atoms with Gasteiger partial charge in [-0.3, -0.25) is 0 Å². The molecule has 0 heterocycles. The summed E-state index contributed by atoms with van der Waals surface area (Å²) in [5, 5.41) is 0. The minimum Gasteiger partial charge on any atom is -0.598 e. The Labute approximate surface area is 142 Å². The molecule has 0 saturated heterocycles. The molecule has 23 heavy (non-hydrogen) atoms. The Bertz CT molecular complexity index is 650. The molecule has 0 radical (unpaired) electrons. The molecule has 0 spiro atoms. The highest BCUT2D eigenvalue weighted by Gasteiger charge is 2.34. The van der Waals surface area contributed by atoms with Crippen LogP contribution in [-0.2, 0) is 11.4 Å². The van der Waals surface area contributed by atoms with Gasteiger partial charge in [0.1, 0.15) is 4.75 Å². The largest absolute Gasteiger partial charge is 0.598 e. The maximum atomic E-state index is 12.5. The van der Waals surface area contributed by atoms with Crippen molar-refractivity contribution in [2.24, 2.45) is 0 Å². The zero-order chi connectivity index (χ0) is 16.4. The summed E-state index contributed by atoms with van der Waals surface area (Å²) < 4.78 is 15.6. The Balaban J connectivity index is 1.89. The van der Waals surface area contributed by atoms with Crippen molar-refractivity contribution >= 4 is 11.4 Å². The van der Waals surface area contributed by atoms with Crippen molar-refractivity contribution in [2.45, 2.75) is 50.3 Å². The molecule has 1 aliphatic rings. The van der Waals surface area contributed by atoms with Crippen molar-refractivity contribution in [1.82, 2.24) is 4.72 Å². The lowest BCUT2D eigenvalue weighted by atomic mass is 9.77. The summed E-state index contributed by atoms with van der Waals surface area (Å²) in [5.74, 6) is 0.438. The van der Waals surface area contributed by atoms with Crippen molar-refractivity contribution < 1.29 is 4.55 Å². The predicted molar refractivity (Wildman–Crippen MR) is 97.7 cm³/mol. The fourth-order valence-corrected chi connectivity index (χ4v) is 4.11. The second kappa shape index (κ2) is 6.68. The van der Waals surface area contributed by atoms with Crippen LogP contribution in [0.2, 0.25) is 0 Å². The van der Waals surface area contributed by atoms with Crippen LogP contribution in [0.25, 0.3) is 0 Å². The maximum absolute atomic E-state index is 12.5. The van der Waals surface area contributed by atoms with E-state index in [0.29, 0.717) is 5.92 Å². The van der Waals surface area contributed by atoms with Crippen LogP contribution < -0.4 is 4.72 Å². The van der Waals surface area contributed by atoms with Crippen LogP contribution in [0.5, 0.6) is 0 Å². The Kier molecular flexibility index (Phi) is 4.81. The SMILES string of the molecule is CC(C)(C)[S@@+]([O-])N[C@H]1CC[C@@H](c2ccccc2)c2ccccc21. The average Bonchev–Trinajstić information content (AvgIpc) is 2.55. The molecule has 0 unspecified atom stereocenters. The monoisotopic (exact) mass is 327 g/mol. The number of hydrogen-bond acceptors (Lipinski definition) is 2. The fourth-order valence-electron chi connectivity index (χ4n) is 3.25. The molecular formula is C20H25NOS. The second-order valence-corrected chi connectivity index (χ2v) is 9.22. The molecule has 0 saturated carbocycles. The summed E-state index contributed by atoms with van der Waals surface area (Å²) >= 11 is -1.05. The summed E-state index contributed by atoms with van der Waals surface area (Å²) in [6, 6.07) is 19.5. The molecule has 0 aliphatic heterocycles. The van der Waals surface area contributed by atoms with E-state index in [1.165, 1.54) is 16.7 Å². The molecule has 2 nitrogen and oxygen atoms in total. The predicted octanol–water partition coefficient (Wildman–Crippen LogP) is 4.71. The van der Waals surface area contributed by atoms with E-state index in [4.69, 9.17) is 0 Å². The van der Waals surface area contributed by atoms with E-state index in [9.17, 15) is 4.55 Å². The lowest BCUT2D eigenvalue weighted by Crippen LogP contribution is -2.42. The summed E-state index contributed by atoms with van der Waals surface area (Å²) in [4.78, 5) is 0. The molecule has 1 aliphatic carbocycles. The van der Waals surface area contributed by atoms with Crippen LogP contribution in [0, 0.1) is 0 Å². The van der Waals surface area contributed by atoms with Gasteiger partial charge in [0.2, 0.25) is 0 Å². The standard InChI is InChI=1S/C20H25NOS/c1-20(2,3)23(22)21-19-14-13-16(15-9-5-4-6-10-15)17-11-7-8-12-18(17)19/h4-12,16,19,21H,13-14H2,1-3H3/t16-,19-,23+/m0/s1. The van der Waals surface area contributed by atoms with E-state index in [-0.39, 0.29) is 10.8 Å². The average molecular weight is 327 g/mol. The van der Waals surface area contributed by atoms with E-state index in [0.717, 1.165) is 12.8 Å². The van der Waals surface area contributed by atoms with Crippen LogP contribution >= 0.6 is 0 Å². The van der Waals surface area contributed by atoms with Gasteiger partial charge in [-0.05, 0) is 50.3 Å². The molecule has 0 fully saturated rings. The first-order chi connectivity index (χ1) is 11.0. The summed E-state index contributed by atoms with van der Waals surface area (Å²) in [6.07, 6.45) is 2.10. The molecule has 1 N–H and O–H groups in total. The van der Waals surface area contributed by atoms with Crippen LogP contribution in [0.3, 0.4) is 0 Å². The number of benzene rings is 2. The Morgan fingerprint density at radius 2 is 1.52 bits per heavy atom. The number of nitrogens with one attached hydrogen (secondary N) is 1. The van der Waals surface area contributed by atoms with Crippen LogP contribution in [0.1, 0.15) is 62.3 Å². The highest BCUT2D eigenvalue weighted by Crippen LogP contribution is 2.41. The summed E-state index contributed by atoms with van der Waals surface area (Å²) in [6.45, 7) is 6.03. The van der Waals surface area contributed by atoms with Gasteiger partial charge in [0, 0.05) is 17.3 Å². The quantitative estimate of drug-likeness (QED) is 0.829. The van der Waals surface area contributed by atoms with Crippen molar-refractivity contribution in [1.29, 1.82) is 0 Å². The third-order valence-corrected chi connectivity index (χ3v) is 6.11. The molecule has 3 heteroatoms. The summed E-state index contributed by atoms with van der Waals surface area (Å²) in [5.41, 5.74) is 4.04. The fraction of sp³-hybridized carbons (Fsp3) is 0.400. The smallest absolute Gasteiger partial charge is 0.136 e. The van der Waals surface area contributed by atoms with Gasteiger partial charge in [-0.2, -0.15) is 0 Å². The molecule has 2 aromatic rings. The van der Waals surface area contributed by atoms with Gasteiger partial charge >= 0.3 is 0 Å². The lowest BCUT2D eigenvalue weighted by molar-refractivity contribution is 0.472. The van der Waals surface area contributed by atoms with E-state index >= 15 is 0 Å². The van der Waals surface area contributed by atoms with E-state index in [1.54, 1.807) is 0 Å². The minimum absolute atomic E-state index is 0.172. The first kappa shape index (κ1) is 16.6. The van der Waals surface area contributed by atoms with Crippen LogP contribution in [0.15, 0.2) is 54.6 Å². The van der Waals surface area contributed by atoms with Gasteiger partial charge in [-0.1, -0.05) is 54.6 Å². The first-order valence-electron chi connectivity index (χ1n) is 8.28. The Morgan fingerprint density at radius 1 is 0.913 bits per heavy atom.